The lowest BCUT2D eigenvalue weighted by Gasteiger charge is -2.34. The van der Waals surface area contributed by atoms with Crippen LogP contribution in [0.5, 0.6) is 0 Å². The largest absolute Gasteiger partial charge is 0.308 e. The Morgan fingerprint density at radius 1 is 0.297 bits per heavy atom. The second-order valence-electron chi connectivity index (χ2n) is 19.7. The van der Waals surface area contributed by atoms with Gasteiger partial charge < -0.3 is 9.13 Å². The highest BCUT2D eigenvalue weighted by atomic mass is 15.0. The van der Waals surface area contributed by atoms with Crippen molar-refractivity contribution >= 4 is 43.6 Å². The van der Waals surface area contributed by atoms with Crippen LogP contribution in [0.2, 0.25) is 0 Å². The van der Waals surface area contributed by atoms with Gasteiger partial charge in [0, 0.05) is 21.5 Å². The Morgan fingerprint density at radius 2 is 0.689 bits per heavy atom. The first-order valence-corrected chi connectivity index (χ1v) is 25.2. The van der Waals surface area contributed by atoms with Crippen LogP contribution < -0.4 is 0 Å². The quantitative estimate of drug-likeness (QED) is 0.167. The summed E-state index contributed by atoms with van der Waals surface area (Å²) in [6.45, 7) is 0. The van der Waals surface area contributed by atoms with Crippen LogP contribution in [-0.2, 0) is 10.8 Å². The first kappa shape index (κ1) is 41.8. The van der Waals surface area contributed by atoms with Crippen molar-refractivity contribution in [1.82, 2.24) is 9.13 Å². The third-order valence-corrected chi connectivity index (χ3v) is 16.4. The van der Waals surface area contributed by atoms with Crippen molar-refractivity contribution in [1.29, 1.82) is 10.5 Å². The van der Waals surface area contributed by atoms with Gasteiger partial charge >= 0.3 is 0 Å². The SMILES string of the molecule is N#Cc1ccc(-n2c3ccccc3c3cc4c(cc32)-c2ccccc2C4(c2ccccc2)c2ccccc2)c(C#N)c1-n1c2ccccc2c2cc3c(cc21)-c1ccccc1C3(c1ccccc1)c1ccccc1. The summed E-state index contributed by atoms with van der Waals surface area (Å²) in [6.07, 6.45) is 0. The molecule has 11 aromatic carbocycles. The maximum atomic E-state index is 11.8. The van der Waals surface area contributed by atoms with Crippen LogP contribution in [0.4, 0.5) is 0 Å². The Morgan fingerprint density at radius 3 is 1.14 bits per heavy atom. The molecule has 74 heavy (non-hydrogen) atoms. The van der Waals surface area contributed by atoms with E-state index in [2.05, 4.69) is 264 Å². The molecule has 4 nitrogen and oxygen atoms in total. The van der Waals surface area contributed by atoms with Gasteiger partial charge in [0.05, 0.1) is 49.8 Å². The first-order chi connectivity index (χ1) is 36.7. The van der Waals surface area contributed by atoms with E-state index in [0.717, 1.165) is 60.3 Å². The van der Waals surface area contributed by atoms with Crippen LogP contribution in [0.3, 0.4) is 0 Å². The molecule has 2 aliphatic rings. The molecule has 13 aromatic rings. The molecule has 2 aromatic heterocycles. The molecule has 0 saturated heterocycles. The predicted molar refractivity (Wildman–Crippen MR) is 299 cm³/mol. The molecule has 0 unspecified atom stereocenters. The van der Waals surface area contributed by atoms with Gasteiger partial charge in [-0.3, -0.25) is 0 Å². The molecule has 2 aliphatic carbocycles. The van der Waals surface area contributed by atoms with E-state index in [0.29, 0.717) is 22.5 Å². The second kappa shape index (κ2) is 15.7. The van der Waals surface area contributed by atoms with E-state index in [1.807, 2.05) is 12.1 Å². The van der Waals surface area contributed by atoms with Crippen LogP contribution in [0.15, 0.2) is 255 Å². The maximum Gasteiger partial charge on any atom is 0.104 e. The van der Waals surface area contributed by atoms with E-state index in [1.165, 1.54) is 50.1 Å². The van der Waals surface area contributed by atoms with Crippen molar-refractivity contribution in [2.24, 2.45) is 0 Å². The lowest BCUT2D eigenvalue weighted by Crippen LogP contribution is -2.28. The molecule has 0 amide bonds. The summed E-state index contributed by atoms with van der Waals surface area (Å²) in [6, 6.07) is 96.7. The molecule has 0 saturated carbocycles. The number of nitriles is 2. The van der Waals surface area contributed by atoms with Crippen molar-refractivity contribution in [2.45, 2.75) is 10.8 Å². The fraction of sp³-hybridized carbons (Fsp3) is 0.0286. The summed E-state index contributed by atoms with van der Waals surface area (Å²) in [4.78, 5) is 0. The van der Waals surface area contributed by atoms with Gasteiger partial charge in [0.25, 0.3) is 0 Å². The normalized spacial score (nSPS) is 13.6. The molecular formula is C70H42N4. The minimum absolute atomic E-state index is 0.419. The molecule has 2 heterocycles. The lowest BCUT2D eigenvalue weighted by molar-refractivity contribution is 0.769. The van der Waals surface area contributed by atoms with Crippen molar-refractivity contribution < 1.29 is 0 Å². The maximum absolute atomic E-state index is 11.8. The highest BCUT2D eigenvalue weighted by Gasteiger charge is 2.48. The molecule has 4 heteroatoms. The molecule has 0 spiro atoms. The number of benzene rings is 11. The van der Waals surface area contributed by atoms with E-state index in [1.54, 1.807) is 0 Å². The topological polar surface area (TPSA) is 57.4 Å². The van der Waals surface area contributed by atoms with Gasteiger partial charge in [0.15, 0.2) is 0 Å². The molecule has 15 rings (SSSR count). The van der Waals surface area contributed by atoms with Crippen LogP contribution in [0.25, 0.3) is 77.2 Å². The highest BCUT2D eigenvalue weighted by molar-refractivity contribution is 6.14. The number of para-hydroxylation sites is 2. The van der Waals surface area contributed by atoms with Gasteiger partial charge in [-0.25, -0.2) is 0 Å². The van der Waals surface area contributed by atoms with Gasteiger partial charge in [-0.05, 0) is 115 Å². The average molecular weight is 939 g/mol. The zero-order valence-corrected chi connectivity index (χ0v) is 40.0. The van der Waals surface area contributed by atoms with Crippen molar-refractivity contribution in [3.05, 3.63) is 310 Å². The molecule has 0 N–H and O–H groups in total. The van der Waals surface area contributed by atoms with Gasteiger partial charge in [0.1, 0.15) is 17.7 Å². The van der Waals surface area contributed by atoms with Crippen LogP contribution in [-0.4, -0.2) is 9.13 Å². The smallest absolute Gasteiger partial charge is 0.104 e. The zero-order valence-electron chi connectivity index (χ0n) is 40.0. The number of fused-ring (bicyclic) bond motifs is 12. The van der Waals surface area contributed by atoms with Gasteiger partial charge in [-0.2, -0.15) is 10.5 Å². The average Bonchev–Trinajstić information content (AvgIpc) is 4.27. The molecular weight excluding hydrogens is 897 g/mol. The number of hydrogen-bond acceptors (Lipinski definition) is 2. The third kappa shape index (κ3) is 5.38. The number of rotatable bonds is 6. The summed E-state index contributed by atoms with van der Waals surface area (Å²) in [5.74, 6) is 0. The third-order valence-electron chi connectivity index (χ3n) is 16.4. The molecule has 0 fully saturated rings. The molecule has 0 aliphatic heterocycles. The summed E-state index contributed by atoms with van der Waals surface area (Å²) >= 11 is 0. The van der Waals surface area contributed by atoms with E-state index in [-0.39, 0.29) is 0 Å². The van der Waals surface area contributed by atoms with Crippen LogP contribution in [0, 0.1) is 22.7 Å². The van der Waals surface area contributed by atoms with Gasteiger partial charge in [0.2, 0.25) is 0 Å². The second-order valence-corrected chi connectivity index (χ2v) is 19.7. The fourth-order valence-electron chi connectivity index (χ4n) is 13.5. The molecule has 342 valence electrons. The van der Waals surface area contributed by atoms with Crippen molar-refractivity contribution in [2.75, 3.05) is 0 Å². The van der Waals surface area contributed by atoms with Crippen LogP contribution >= 0.6 is 0 Å². The number of hydrogen-bond donors (Lipinski definition) is 0. The Labute approximate surface area is 428 Å². The zero-order chi connectivity index (χ0) is 49.1. The van der Waals surface area contributed by atoms with E-state index in [9.17, 15) is 10.5 Å². The minimum Gasteiger partial charge on any atom is -0.308 e. The predicted octanol–water partition coefficient (Wildman–Crippen LogP) is 16.4. The van der Waals surface area contributed by atoms with Gasteiger partial charge in [-0.1, -0.05) is 206 Å². The van der Waals surface area contributed by atoms with Crippen molar-refractivity contribution in [3.63, 3.8) is 0 Å². The molecule has 0 bridgehead atoms. The summed E-state index contributed by atoms with van der Waals surface area (Å²) in [7, 11) is 0. The Bertz CT molecular complexity index is 4470. The van der Waals surface area contributed by atoms with Crippen LogP contribution in [0.1, 0.15) is 55.6 Å². The number of aromatic nitrogens is 2. The Hall–Kier alpha value is -10.0. The van der Waals surface area contributed by atoms with E-state index >= 15 is 0 Å². The fourth-order valence-corrected chi connectivity index (χ4v) is 13.5. The first-order valence-electron chi connectivity index (χ1n) is 25.2. The Kier molecular flexibility index (Phi) is 8.89. The Balaban J connectivity index is 1.03. The lowest BCUT2D eigenvalue weighted by atomic mass is 9.67. The van der Waals surface area contributed by atoms with Gasteiger partial charge in [-0.15, -0.1) is 0 Å². The monoisotopic (exact) mass is 938 g/mol. The van der Waals surface area contributed by atoms with E-state index < -0.39 is 10.8 Å². The molecule has 0 atom stereocenters. The summed E-state index contributed by atoms with van der Waals surface area (Å²) in [5, 5.41) is 27.3. The van der Waals surface area contributed by atoms with E-state index in [4.69, 9.17) is 0 Å². The summed E-state index contributed by atoms with van der Waals surface area (Å²) < 4.78 is 4.45. The number of nitrogens with zero attached hydrogens (tertiary/aromatic N) is 4. The van der Waals surface area contributed by atoms with Crippen molar-refractivity contribution in [3.8, 4) is 45.8 Å². The summed E-state index contributed by atoms with van der Waals surface area (Å²) in [5.41, 5.74) is 19.0. The standard InChI is InChI=1S/C70H42N4/c71-43-45-37-38-65(73-63-35-19-15-31-52(63)56-39-61-54(41-66(56)73)50-29-13-17-33-59(50)69(61,46-21-5-1-6-22-46)47-23-7-2-8-24-47)58(44-72)68(45)74-64-36-20-16-32-53(64)57-40-62-55(42-67(57)74)51-30-14-18-34-60(51)70(62,48-25-9-3-10-26-48)49-27-11-4-12-28-49/h1-42H. The minimum atomic E-state index is -0.597. The molecule has 0 radical (unpaired) electrons. The highest BCUT2D eigenvalue weighted by Crippen LogP contribution is 2.59.